The van der Waals surface area contributed by atoms with Crippen LogP contribution in [0.25, 0.3) is 0 Å². The van der Waals surface area contributed by atoms with Crippen molar-refractivity contribution in [3.63, 3.8) is 0 Å². The van der Waals surface area contributed by atoms with Gasteiger partial charge in [-0.2, -0.15) is 0 Å². The Bertz CT molecular complexity index is 321. The number of unbranched alkanes of at least 4 members (excludes halogenated alkanes) is 9. The lowest BCUT2D eigenvalue weighted by atomic mass is 10.1. The molecule has 1 unspecified atom stereocenters. The molecule has 0 aliphatic rings. The van der Waals surface area contributed by atoms with Crippen LogP contribution in [-0.4, -0.2) is 22.3 Å². The average Bonchev–Trinajstić information content (AvgIpc) is 2.52. The molecule has 0 fully saturated rings. The first-order chi connectivity index (χ1) is 11.2. The first-order valence-corrected chi connectivity index (χ1v) is 9.40. The SMILES string of the molecule is CCCCCCC/C=C\C=C\C(O)CCCCCCCC(=O)O. The quantitative estimate of drug-likeness (QED) is 0.285. The van der Waals surface area contributed by atoms with E-state index in [0.717, 1.165) is 44.9 Å². The number of hydrogen-bond acceptors (Lipinski definition) is 2. The summed E-state index contributed by atoms with van der Waals surface area (Å²) in [5.41, 5.74) is 0. The molecule has 3 nitrogen and oxygen atoms in total. The highest BCUT2D eigenvalue weighted by Crippen LogP contribution is 2.09. The van der Waals surface area contributed by atoms with Gasteiger partial charge in [-0.3, -0.25) is 4.79 Å². The molecule has 3 heteroatoms. The molecule has 0 spiro atoms. The van der Waals surface area contributed by atoms with Gasteiger partial charge in [0, 0.05) is 6.42 Å². The highest BCUT2D eigenvalue weighted by molar-refractivity contribution is 5.66. The predicted molar refractivity (Wildman–Crippen MR) is 97.6 cm³/mol. The van der Waals surface area contributed by atoms with Crippen LogP contribution in [0, 0.1) is 0 Å². The van der Waals surface area contributed by atoms with Crippen molar-refractivity contribution < 1.29 is 15.0 Å². The van der Waals surface area contributed by atoms with E-state index in [1.165, 1.54) is 32.1 Å². The van der Waals surface area contributed by atoms with Crippen LogP contribution >= 0.6 is 0 Å². The lowest BCUT2D eigenvalue weighted by Gasteiger charge is -2.04. The number of aliphatic hydroxyl groups excluding tert-OH is 1. The van der Waals surface area contributed by atoms with Gasteiger partial charge in [0.25, 0.3) is 0 Å². The van der Waals surface area contributed by atoms with Gasteiger partial charge in [-0.05, 0) is 25.7 Å². The third-order valence-corrected chi connectivity index (χ3v) is 3.95. The van der Waals surface area contributed by atoms with Gasteiger partial charge in [-0.25, -0.2) is 0 Å². The zero-order chi connectivity index (χ0) is 17.2. The van der Waals surface area contributed by atoms with E-state index in [2.05, 4.69) is 13.0 Å². The summed E-state index contributed by atoms with van der Waals surface area (Å²) >= 11 is 0. The molecule has 0 saturated heterocycles. The van der Waals surface area contributed by atoms with Crippen molar-refractivity contribution in [2.45, 2.75) is 96.5 Å². The monoisotopic (exact) mass is 324 g/mol. The van der Waals surface area contributed by atoms with Crippen molar-refractivity contribution in [2.75, 3.05) is 0 Å². The van der Waals surface area contributed by atoms with Crippen molar-refractivity contribution in [3.05, 3.63) is 24.3 Å². The van der Waals surface area contributed by atoms with E-state index < -0.39 is 5.97 Å². The van der Waals surface area contributed by atoms with E-state index >= 15 is 0 Å². The second-order valence-corrected chi connectivity index (χ2v) is 6.28. The largest absolute Gasteiger partial charge is 0.481 e. The fraction of sp³-hybridized carbons (Fsp3) is 0.750. The summed E-state index contributed by atoms with van der Waals surface area (Å²) in [5, 5.41) is 18.4. The zero-order valence-electron chi connectivity index (χ0n) is 14.9. The lowest BCUT2D eigenvalue weighted by Crippen LogP contribution is -2.01. The van der Waals surface area contributed by atoms with E-state index in [4.69, 9.17) is 5.11 Å². The fourth-order valence-electron chi connectivity index (χ4n) is 2.49. The van der Waals surface area contributed by atoms with Gasteiger partial charge in [0.2, 0.25) is 0 Å². The van der Waals surface area contributed by atoms with Crippen molar-refractivity contribution in [1.29, 1.82) is 0 Å². The van der Waals surface area contributed by atoms with Crippen LogP contribution in [0.1, 0.15) is 90.4 Å². The molecule has 1 atom stereocenters. The van der Waals surface area contributed by atoms with Gasteiger partial charge < -0.3 is 10.2 Å². The molecule has 0 aliphatic carbocycles. The summed E-state index contributed by atoms with van der Waals surface area (Å²) < 4.78 is 0. The molecule has 0 radical (unpaired) electrons. The summed E-state index contributed by atoms with van der Waals surface area (Å²) in [4.78, 5) is 10.4. The highest BCUT2D eigenvalue weighted by atomic mass is 16.4. The lowest BCUT2D eigenvalue weighted by molar-refractivity contribution is -0.137. The van der Waals surface area contributed by atoms with Gasteiger partial charge in [0.15, 0.2) is 0 Å². The van der Waals surface area contributed by atoms with Crippen LogP contribution in [0.3, 0.4) is 0 Å². The Kier molecular flexibility index (Phi) is 16.4. The highest BCUT2D eigenvalue weighted by Gasteiger charge is 1.99. The number of carbonyl (C=O) groups is 1. The van der Waals surface area contributed by atoms with Gasteiger partial charge in [-0.15, -0.1) is 0 Å². The minimum absolute atomic E-state index is 0.274. The number of rotatable bonds is 16. The van der Waals surface area contributed by atoms with Gasteiger partial charge in [0.05, 0.1) is 6.10 Å². The molecule has 0 bridgehead atoms. The minimum Gasteiger partial charge on any atom is -0.481 e. The van der Waals surface area contributed by atoms with Gasteiger partial charge in [-0.1, -0.05) is 82.6 Å². The minimum atomic E-state index is -0.709. The van der Waals surface area contributed by atoms with Crippen LogP contribution in [0.5, 0.6) is 0 Å². The van der Waals surface area contributed by atoms with Crippen LogP contribution < -0.4 is 0 Å². The summed E-state index contributed by atoms with van der Waals surface area (Å²) in [6, 6.07) is 0. The second kappa shape index (κ2) is 17.3. The molecule has 0 amide bonds. The Labute approximate surface area is 142 Å². The van der Waals surface area contributed by atoms with E-state index in [1.54, 1.807) is 0 Å². The van der Waals surface area contributed by atoms with Crippen LogP contribution in [0.15, 0.2) is 24.3 Å². The Morgan fingerprint density at radius 3 is 2.30 bits per heavy atom. The average molecular weight is 325 g/mol. The predicted octanol–water partition coefficient (Wildman–Crippen LogP) is 5.64. The maximum atomic E-state index is 10.4. The standard InChI is InChI=1S/C20H36O3/c1-2-3-4-5-6-7-8-10-13-16-19(21)17-14-11-9-12-15-18-20(22)23/h8,10,13,16,19,21H,2-7,9,11-12,14-15,17-18H2,1H3,(H,22,23)/b10-8-,16-13+. The number of hydrogen-bond donors (Lipinski definition) is 2. The van der Waals surface area contributed by atoms with Crippen molar-refractivity contribution in [3.8, 4) is 0 Å². The smallest absolute Gasteiger partial charge is 0.303 e. The number of aliphatic hydroxyl groups is 1. The van der Waals surface area contributed by atoms with E-state index in [-0.39, 0.29) is 12.5 Å². The zero-order valence-corrected chi connectivity index (χ0v) is 14.9. The molecule has 0 aromatic rings. The molecule has 0 aromatic heterocycles. The van der Waals surface area contributed by atoms with Crippen LogP contribution in [0.4, 0.5) is 0 Å². The van der Waals surface area contributed by atoms with E-state index in [9.17, 15) is 9.90 Å². The topological polar surface area (TPSA) is 57.5 Å². The molecule has 2 N–H and O–H groups in total. The summed E-state index contributed by atoms with van der Waals surface area (Å²) in [6.07, 6.45) is 21.3. The Morgan fingerprint density at radius 2 is 1.57 bits per heavy atom. The van der Waals surface area contributed by atoms with Gasteiger partial charge >= 0.3 is 5.97 Å². The van der Waals surface area contributed by atoms with Crippen LogP contribution in [0.2, 0.25) is 0 Å². The van der Waals surface area contributed by atoms with Crippen LogP contribution in [-0.2, 0) is 4.79 Å². The molecule has 23 heavy (non-hydrogen) atoms. The molecular weight excluding hydrogens is 288 g/mol. The molecule has 0 aromatic carbocycles. The Balaban J connectivity index is 3.40. The number of carboxylic acids is 1. The maximum absolute atomic E-state index is 10.4. The Morgan fingerprint density at radius 1 is 0.913 bits per heavy atom. The number of aliphatic carboxylic acids is 1. The van der Waals surface area contributed by atoms with Crippen molar-refractivity contribution in [1.82, 2.24) is 0 Å². The molecule has 134 valence electrons. The Hall–Kier alpha value is -1.09. The first-order valence-electron chi connectivity index (χ1n) is 9.40. The first kappa shape index (κ1) is 21.9. The molecule has 0 saturated carbocycles. The number of carboxylic acid groups (broad SMARTS) is 1. The summed E-state index contributed by atoms with van der Waals surface area (Å²) in [5.74, 6) is -0.709. The summed E-state index contributed by atoms with van der Waals surface area (Å²) in [6.45, 7) is 2.23. The molecule has 0 aliphatic heterocycles. The fourth-order valence-corrected chi connectivity index (χ4v) is 2.49. The van der Waals surface area contributed by atoms with E-state index in [1.807, 2.05) is 18.2 Å². The summed E-state index contributed by atoms with van der Waals surface area (Å²) in [7, 11) is 0. The van der Waals surface area contributed by atoms with Crippen molar-refractivity contribution >= 4 is 5.97 Å². The third-order valence-electron chi connectivity index (χ3n) is 3.95. The van der Waals surface area contributed by atoms with Gasteiger partial charge in [0.1, 0.15) is 0 Å². The van der Waals surface area contributed by atoms with Crippen molar-refractivity contribution in [2.24, 2.45) is 0 Å². The molecular formula is C20H36O3. The molecule has 0 heterocycles. The molecule has 0 rings (SSSR count). The maximum Gasteiger partial charge on any atom is 0.303 e. The normalized spacial score (nSPS) is 13.1. The number of allylic oxidation sites excluding steroid dienone is 3. The van der Waals surface area contributed by atoms with E-state index in [0.29, 0.717) is 0 Å². The second-order valence-electron chi connectivity index (χ2n) is 6.28. The third kappa shape index (κ3) is 18.9.